The molecule has 0 heterocycles. The van der Waals surface area contributed by atoms with Crippen molar-refractivity contribution in [2.45, 2.75) is 26.2 Å². The molecule has 2 unspecified atom stereocenters. The van der Waals surface area contributed by atoms with Gasteiger partial charge in [-0.05, 0) is 30.0 Å². The first-order chi connectivity index (χ1) is 7.60. The zero-order valence-corrected chi connectivity index (χ0v) is 9.93. The van der Waals surface area contributed by atoms with Crippen molar-refractivity contribution in [2.24, 2.45) is 5.92 Å². The van der Waals surface area contributed by atoms with Crippen LogP contribution < -0.4 is 4.74 Å². The zero-order valence-electron chi connectivity index (χ0n) is 9.93. The van der Waals surface area contributed by atoms with Crippen molar-refractivity contribution in [2.75, 3.05) is 7.11 Å². The monoisotopic (exact) mass is 222 g/mol. The maximum absolute atomic E-state index is 11.0. The molecule has 0 amide bonds. The number of methoxy groups -OCH3 is 1. The van der Waals surface area contributed by atoms with Gasteiger partial charge in [0.1, 0.15) is 5.75 Å². The average Bonchev–Trinajstić information content (AvgIpc) is 2.30. The van der Waals surface area contributed by atoms with Gasteiger partial charge in [-0.15, -0.1) is 0 Å². The third kappa shape index (κ3) is 2.75. The highest BCUT2D eigenvalue weighted by molar-refractivity contribution is 5.71. The summed E-state index contributed by atoms with van der Waals surface area (Å²) >= 11 is 0. The van der Waals surface area contributed by atoms with Crippen LogP contribution in [0.1, 0.15) is 31.7 Å². The molecule has 0 fully saturated rings. The first-order valence-electron chi connectivity index (χ1n) is 5.46. The van der Waals surface area contributed by atoms with E-state index in [0.29, 0.717) is 0 Å². The number of carboxylic acid groups (broad SMARTS) is 1. The quantitative estimate of drug-likeness (QED) is 0.833. The van der Waals surface area contributed by atoms with Crippen LogP contribution in [0.2, 0.25) is 0 Å². The van der Waals surface area contributed by atoms with Crippen LogP contribution in [0.25, 0.3) is 0 Å². The third-order valence-electron chi connectivity index (χ3n) is 2.95. The molecule has 0 aliphatic rings. The normalized spacial score (nSPS) is 14.2. The van der Waals surface area contributed by atoms with Crippen molar-refractivity contribution in [3.05, 3.63) is 29.8 Å². The van der Waals surface area contributed by atoms with Crippen molar-refractivity contribution in [1.82, 2.24) is 0 Å². The molecule has 0 aromatic heterocycles. The molecule has 0 saturated heterocycles. The minimum Gasteiger partial charge on any atom is -0.497 e. The molecule has 3 heteroatoms. The Balaban J connectivity index is 2.98. The maximum Gasteiger partial charge on any atom is 0.306 e. The highest BCUT2D eigenvalue weighted by Gasteiger charge is 2.23. The Bertz CT molecular complexity index is 360. The summed E-state index contributed by atoms with van der Waals surface area (Å²) in [5, 5.41) is 9.04. The van der Waals surface area contributed by atoms with Gasteiger partial charge in [-0.1, -0.05) is 26.0 Å². The van der Waals surface area contributed by atoms with Gasteiger partial charge in [-0.2, -0.15) is 0 Å². The SMILES string of the molecule is CCC(c1cccc(OC)c1)C(C)C(=O)O. The first-order valence-corrected chi connectivity index (χ1v) is 5.46. The molecule has 16 heavy (non-hydrogen) atoms. The standard InChI is InChI=1S/C13H18O3/c1-4-12(9(2)13(14)15)10-6-5-7-11(8-10)16-3/h5-9,12H,4H2,1-3H3,(H,14,15). The lowest BCUT2D eigenvalue weighted by atomic mass is 9.85. The van der Waals surface area contributed by atoms with E-state index in [9.17, 15) is 4.79 Å². The molecule has 1 aromatic carbocycles. The van der Waals surface area contributed by atoms with Crippen LogP contribution >= 0.6 is 0 Å². The van der Waals surface area contributed by atoms with E-state index in [1.807, 2.05) is 31.2 Å². The molecule has 0 saturated carbocycles. The summed E-state index contributed by atoms with van der Waals surface area (Å²) in [5.74, 6) is -0.326. The fraction of sp³-hybridized carbons (Fsp3) is 0.462. The molecular weight excluding hydrogens is 204 g/mol. The van der Waals surface area contributed by atoms with Gasteiger partial charge in [0.25, 0.3) is 0 Å². The number of hydrogen-bond acceptors (Lipinski definition) is 2. The molecule has 2 atom stereocenters. The molecule has 1 rings (SSSR count). The van der Waals surface area contributed by atoms with E-state index in [0.717, 1.165) is 17.7 Å². The highest BCUT2D eigenvalue weighted by Crippen LogP contribution is 2.30. The van der Waals surface area contributed by atoms with Crippen LogP contribution in [-0.2, 0) is 4.79 Å². The predicted octanol–water partition coefficient (Wildman–Crippen LogP) is 2.91. The molecule has 1 N–H and O–H groups in total. The highest BCUT2D eigenvalue weighted by atomic mass is 16.5. The van der Waals surface area contributed by atoms with Gasteiger partial charge < -0.3 is 9.84 Å². The van der Waals surface area contributed by atoms with Crippen LogP contribution in [0.4, 0.5) is 0 Å². The van der Waals surface area contributed by atoms with Crippen molar-refractivity contribution in [3.63, 3.8) is 0 Å². The lowest BCUT2D eigenvalue weighted by Gasteiger charge is -2.20. The summed E-state index contributed by atoms with van der Waals surface area (Å²) in [5.41, 5.74) is 1.02. The predicted molar refractivity (Wildman–Crippen MR) is 62.8 cm³/mol. The van der Waals surface area contributed by atoms with Gasteiger partial charge in [0, 0.05) is 0 Å². The van der Waals surface area contributed by atoms with Gasteiger partial charge in [0.2, 0.25) is 0 Å². The number of benzene rings is 1. The van der Waals surface area contributed by atoms with Crippen molar-refractivity contribution < 1.29 is 14.6 Å². The number of carboxylic acids is 1. The summed E-state index contributed by atoms with van der Waals surface area (Å²) in [6, 6.07) is 7.62. The number of rotatable bonds is 5. The lowest BCUT2D eigenvalue weighted by Crippen LogP contribution is -2.18. The van der Waals surface area contributed by atoms with E-state index in [4.69, 9.17) is 9.84 Å². The summed E-state index contributed by atoms with van der Waals surface area (Å²) in [6.45, 7) is 3.75. The smallest absolute Gasteiger partial charge is 0.306 e. The maximum atomic E-state index is 11.0. The van der Waals surface area contributed by atoms with Gasteiger partial charge in [0.15, 0.2) is 0 Å². The molecule has 0 aliphatic carbocycles. The Morgan fingerprint density at radius 2 is 2.19 bits per heavy atom. The van der Waals surface area contributed by atoms with Crippen LogP contribution in [0.3, 0.4) is 0 Å². The Morgan fingerprint density at radius 1 is 1.50 bits per heavy atom. The van der Waals surface area contributed by atoms with Gasteiger partial charge in [-0.3, -0.25) is 4.79 Å². The van der Waals surface area contributed by atoms with Gasteiger partial charge in [-0.25, -0.2) is 0 Å². The molecule has 88 valence electrons. The van der Waals surface area contributed by atoms with Crippen LogP contribution in [0.5, 0.6) is 5.75 Å². The number of aliphatic carboxylic acids is 1. The molecular formula is C13H18O3. The molecule has 1 aromatic rings. The second kappa shape index (κ2) is 5.54. The van der Waals surface area contributed by atoms with Crippen molar-refractivity contribution >= 4 is 5.97 Å². The van der Waals surface area contributed by atoms with Crippen molar-refractivity contribution in [3.8, 4) is 5.75 Å². The van der Waals surface area contributed by atoms with E-state index < -0.39 is 5.97 Å². The van der Waals surface area contributed by atoms with E-state index in [-0.39, 0.29) is 11.8 Å². The minimum atomic E-state index is -0.755. The van der Waals surface area contributed by atoms with Crippen molar-refractivity contribution in [1.29, 1.82) is 0 Å². The topological polar surface area (TPSA) is 46.5 Å². The van der Waals surface area contributed by atoms with Gasteiger partial charge in [0.05, 0.1) is 13.0 Å². The Labute approximate surface area is 96.1 Å². The Hall–Kier alpha value is -1.51. The average molecular weight is 222 g/mol. The molecule has 0 spiro atoms. The van der Waals surface area contributed by atoms with Crippen LogP contribution in [0.15, 0.2) is 24.3 Å². The van der Waals surface area contributed by atoms with E-state index in [2.05, 4.69) is 0 Å². The number of carbonyl (C=O) groups is 1. The zero-order chi connectivity index (χ0) is 12.1. The summed E-state index contributed by atoms with van der Waals surface area (Å²) in [6.07, 6.45) is 0.806. The summed E-state index contributed by atoms with van der Waals surface area (Å²) in [4.78, 5) is 11.0. The third-order valence-corrected chi connectivity index (χ3v) is 2.95. The first kappa shape index (κ1) is 12.6. The minimum absolute atomic E-state index is 0.0348. The largest absolute Gasteiger partial charge is 0.497 e. The fourth-order valence-electron chi connectivity index (χ4n) is 1.92. The molecule has 0 aliphatic heterocycles. The Morgan fingerprint density at radius 3 is 2.69 bits per heavy atom. The summed E-state index contributed by atoms with van der Waals surface area (Å²) in [7, 11) is 1.61. The van der Waals surface area contributed by atoms with E-state index >= 15 is 0 Å². The molecule has 0 radical (unpaired) electrons. The van der Waals surface area contributed by atoms with E-state index in [1.54, 1.807) is 14.0 Å². The van der Waals surface area contributed by atoms with E-state index in [1.165, 1.54) is 0 Å². The number of hydrogen-bond donors (Lipinski definition) is 1. The molecule has 3 nitrogen and oxygen atoms in total. The summed E-state index contributed by atoms with van der Waals surface area (Å²) < 4.78 is 5.14. The number of ether oxygens (including phenoxy) is 1. The second-order valence-corrected chi connectivity index (χ2v) is 3.92. The fourth-order valence-corrected chi connectivity index (χ4v) is 1.92. The lowest BCUT2D eigenvalue weighted by molar-refractivity contribution is -0.141. The van der Waals surface area contributed by atoms with Crippen LogP contribution in [-0.4, -0.2) is 18.2 Å². The van der Waals surface area contributed by atoms with Gasteiger partial charge >= 0.3 is 5.97 Å². The second-order valence-electron chi connectivity index (χ2n) is 3.92. The molecule has 0 bridgehead atoms. The van der Waals surface area contributed by atoms with Crippen LogP contribution in [0, 0.1) is 5.92 Å². The Kier molecular flexibility index (Phi) is 4.35.